The third-order valence-corrected chi connectivity index (χ3v) is 3.32. The molecule has 1 saturated carbocycles. The van der Waals surface area contributed by atoms with Gasteiger partial charge in [0.15, 0.2) is 0 Å². The van der Waals surface area contributed by atoms with E-state index in [2.05, 4.69) is 0 Å². The van der Waals surface area contributed by atoms with Gasteiger partial charge in [0.2, 0.25) is 0 Å². The quantitative estimate of drug-likeness (QED) is 0.819. The Hall–Kier alpha value is -1.35. The zero-order chi connectivity index (χ0) is 12.5. The topological polar surface area (TPSA) is 57.5 Å². The van der Waals surface area contributed by atoms with E-state index in [1.807, 2.05) is 24.3 Å². The Morgan fingerprint density at radius 3 is 2.65 bits per heavy atom. The molecule has 0 radical (unpaired) electrons. The number of hydrogen-bond acceptors (Lipinski definition) is 2. The SMILES string of the molecule is CC(Cc1cccc(CC2(O)CC2)c1)C(=O)O. The van der Waals surface area contributed by atoms with Gasteiger partial charge in [0, 0.05) is 6.42 Å². The molecule has 0 spiro atoms. The fraction of sp³-hybridized carbons (Fsp3) is 0.500. The summed E-state index contributed by atoms with van der Waals surface area (Å²) in [6.45, 7) is 1.71. The maximum atomic E-state index is 10.8. The molecule has 1 aliphatic rings. The van der Waals surface area contributed by atoms with Crippen LogP contribution in [0.2, 0.25) is 0 Å². The van der Waals surface area contributed by atoms with Gasteiger partial charge in [-0.3, -0.25) is 4.79 Å². The minimum Gasteiger partial charge on any atom is -0.481 e. The molecule has 1 atom stereocenters. The molecule has 3 nitrogen and oxygen atoms in total. The monoisotopic (exact) mass is 234 g/mol. The van der Waals surface area contributed by atoms with Gasteiger partial charge in [0.05, 0.1) is 11.5 Å². The Morgan fingerprint density at radius 1 is 1.41 bits per heavy atom. The van der Waals surface area contributed by atoms with Gasteiger partial charge >= 0.3 is 5.97 Å². The molecule has 92 valence electrons. The van der Waals surface area contributed by atoms with Gasteiger partial charge in [-0.1, -0.05) is 31.2 Å². The van der Waals surface area contributed by atoms with Crippen LogP contribution in [-0.2, 0) is 17.6 Å². The average molecular weight is 234 g/mol. The summed E-state index contributed by atoms with van der Waals surface area (Å²) in [5.41, 5.74) is 1.64. The summed E-state index contributed by atoms with van der Waals surface area (Å²) in [5, 5.41) is 18.7. The number of rotatable bonds is 5. The van der Waals surface area contributed by atoms with Gasteiger partial charge in [0.1, 0.15) is 0 Å². The lowest BCUT2D eigenvalue weighted by molar-refractivity contribution is -0.141. The van der Waals surface area contributed by atoms with Crippen LogP contribution in [0.3, 0.4) is 0 Å². The second-order valence-corrected chi connectivity index (χ2v) is 5.16. The summed E-state index contributed by atoms with van der Waals surface area (Å²) < 4.78 is 0. The molecule has 0 heterocycles. The Labute approximate surface area is 101 Å². The van der Waals surface area contributed by atoms with Crippen molar-refractivity contribution in [1.29, 1.82) is 0 Å². The first-order chi connectivity index (χ1) is 7.98. The number of aliphatic carboxylic acids is 1. The van der Waals surface area contributed by atoms with Crippen molar-refractivity contribution in [3.63, 3.8) is 0 Å². The highest BCUT2D eigenvalue weighted by Crippen LogP contribution is 2.38. The van der Waals surface area contributed by atoms with Crippen molar-refractivity contribution < 1.29 is 15.0 Å². The van der Waals surface area contributed by atoms with Crippen LogP contribution in [0.4, 0.5) is 0 Å². The largest absolute Gasteiger partial charge is 0.481 e. The van der Waals surface area contributed by atoms with Gasteiger partial charge in [-0.25, -0.2) is 0 Å². The van der Waals surface area contributed by atoms with Gasteiger partial charge in [-0.15, -0.1) is 0 Å². The second-order valence-electron chi connectivity index (χ2n) is 5.16. The Balaban J connectivity index is 2.03. The van der Waals surface area contributed by atoms with Crippen LogP contribution in [-0.4, -0.2) is 21.8 Å². The first kappa shape index (κ1) is 12.1. The lowest BCUT2D eigenvalue weighted by Crippen LogP contribution is -2.13. The van der Waals surface area contributed by atoms with E-state index in [0.29, 0.717) is 12.8 Å². The van der Waals surface area contributed by atoms with Crippen LogP contribution >= 0.6 is 0 Å². The number of carboxylic acids is 1. The Morgan fingerprint density at radius 2 is 2.06 bits per heavy atom. The van der Waals surface area contributed by atoms with Crippen molar-refractivity contribution in [2.75, 3.05) is 0 Å². The zero-order valence-electron chi connectivity index (χ0n) is 10.0. The average Bonchev–Trinajstić information content (AvgIpc) is 2.96. The maximum Gasteiger partial charge on any atom is 0.306 e. The van der Waals surface area contributed by atoms with Crippen LogP contribution in [0, 0.1) is 5.92 Å². The third-order valence-electron chi connectivity index (χ3n) is 3.32. The van der Waals surface area contributed by atoms with Gasteiger partial charge in [0.25, 0.3) is 0 Å². The van der Waals surface area contributed by atoms with E-state index >= 15 is 0 Å². The highest BCUT2D eigenvalue weighted by atomic mass is 16.4. The molecule has 0 aromatic heterocycles. The first-order valence-electron chi connectivity index (χ1n) is 6.01. The fourth-order valence-electron chi connectivity index (χ4n) is 2.01. The lowest BCUT2D eigenvalue weighted by Gasteiger charge is -2.10. The van der Waals surface area contributed by atoms with Crippen LogP contribution in [0.15, 0.2) is 24.3 Å². The standard InChI is InChI=1S/C14H18O3/c1-10(13(15)16)7-11-3-2-4-12(8-11)9-14(17)5-6-14/h2-4,8,10,17H,5-7,9H2,1H3,(H,15,16). The molecule has 1 aromatic rings. The predicted molar refractivity (Wildman–Crippen MR) is 64.8 cm³/mol. The second kappa shape index (κ2) is 4.49. The fourth-order valence-corrected chi connectivity index (χ4v) is 2.01. The first-order valence-corrected chi connectivity index (χ1v) is 6.01. The lowest BCUT2D eigenvalue weighted by atomic mass is 9.97. The molecular weight excluding hydrogens is 216 g/mol. The minimum atomic E-state index is -0.767. The molecule has 1 aromatic carbocycles. The van der Waals surface area contributed by atoms with Crippen molar-refractivity contribution in [2.24, 2.45) is 5.92 Å². The van der Waals surface area contributed by atoms with E-state index in [4.69, 9.17) is 5.11 Å². The van der Waals surface area contributed by atoms with E-state index in [0.717, 1.165) is 24.0 Å². The van der Waals surface area contributed by atoms with Gasteiger partial charge in [-0.2, -0.15) is 0 Å². The molecule has 1 aliphatic carbocycles. The normalized spacial score (nSPS) is 18.7. The number of aliphatic hydroxyl groups is 1. The molecule has 1 unspecified atom stereocenters. The zero-order valence-corrected chi connectivity index (χ0v) is 10.0. The van der Waals surface area contributed by atoms with E-state index in [9.17, 15) is 9.90 Å². The van der Waals surface area contributed by atoms with Crippen LogP contribution in [0.1, 0.15) is 30.9 Å². The summed E-state index contributed by atoms with van der Waals surface area (Å²) in [6.07, 6.45) is 2.98. The van der Waals surface area contributed by atoms with Crippen molar-refractivity contribution >= 4 is 5.97 Å². The molecule has 0 aliphatic heterocycles. The van der Waals surface area contributed by atoms with Crippen molar-refractivity contribution in [1.82, 2.24) is 0 Å². The van der Waals surface area contributed by atoms with E-state index in [-0.39, 0.29) is 5.92 Å². The molecule has 0 bridgehead atoms. The molecular formula is C14H18O3. The van der Waals surface area contributed by atoms with E-state index < -0.39 is 11.6 Å². The molecule has 2 rings (SSSR count). The summed E-state index contributed by atoms with van der Waals surface area (Å²) in [5.74, 6) is -1.13. The number of carboxylic acid groups (broad SMARTS) is 1. The van der Waals surface area contributed by atoms with E-state index in [1.165, 1.54) is 0 Å². The predicted octanol–water partition coefficient (Wildman–Crippen LogP) is 2.02. The number of hydrogen-bond donors (Lipinski definition) is 2. The minimum absolute atomic E-state index is 0.366. The van der Waals surface area contributed by atoms with Crippen molar-refractivity contribution in [3.8, 4) is 0 Å². The van der Waals surface area contributed by atoms with Crippen molar-refractivity contribution in [2.45, 2.75) is 38.2 Å². The highest BCUT2D eigenvalue weighted by Gasteiger charge is 2.40. The molecule has 3 heteroatoms. The van der Waals surface area contributed by atoms with E-state index in [1.54, 1.807) is 6.92 Å². The molecule has 0 saturated heterocycles. The van der Waals surface area contributed by atoms with Crippen LogP contribution < -0.4 is 0 Å². The summed E-state index contributed by atoms with van der Waals surface area (Å²) in [7, 11) is 0. The Kier molecular flexibility index (Phi) is 3.20. The Bertz CT molecular complexity index is 421. The molecule has 17 heavy (non-hydrogen) atoms. The summed E-state index contributed by atoms with van der Waals surface area (Å²) in [6, 6.07) is 7.88. The number of carbonyl (C=O) groups is 1. The highest BCUT2D eigenvalue weighted by molar-refractivity contribution is 5.69. The third kappa shape index (κ3) is 3.30. The number of benzene rings is 1. The smallest absolute Gasteiger partial charge is 0.306 e. The van der Waals surface area contributed by atoms with Gasteiger partial charge < -0.3 is 10.2 Å². The van der Waals surface area contributed by atoms with Gasteiger partial charge in [-0.05, 0) is 30.4 Å². The molecule has 1 fully saturated rings. The van der Waals surface area contributed by atoms with Crippen molar-refractivity contribution in [3.05, 3.63) is 35.4 Å². The summed E-state index contributed by atoms with van der Waals surface area (Å²) >= 11 is 0. The summed E-state index contributed by atoms with van der Waals surface area (Å²) in [4.78, 5) is 10.8. The molecule has 0 amide bonds. The molecule has 2 N–H and O–H groups in total. The van der Waals surface area contributed by atoms with Crippen LogP contribution in [0.25, 0.3) is 0 Å². The van der Waals surface area contributed by atoms with Crippen LogP contribution in [0.5, 0.6) is 0 Å². The maximum absolute atomic E-state index is 10.8.